The van der Waals surface area contributed by atoms with Crippen molar-refractivity contribution >= 4 is 40.6 Å². The van der Waals surface area contributed by atoms with Crippen LogP contribution in [0.5, 0.6) is 0 Å². The average molecular weight is 349 g/mol. The second-order valence-electron chi connectivity index (χ2n) is 4.94. The van der Waals surface area contributed by atoms with Crippen LogP contribution in [0.2, 0.25) is 5.02 Å². The van der Waals surface area contributed by atoms with Gasteiger partial charge >= 0.3 is 5.97 Å². The Morgan fingerprint density at radius 2 is 1.91 bits per heavy atom. The van der Waals surface area contributed by atoms with E-state index in [4.69, 9.17) is 28.6 Å². The molecule has 120 valence electrons. The van der Waals surface area contributed by atoms with Crippen LogP contribution in [0.4, 0.5) is 5.69 Å². The van der Waals surface area contributed by atoms with E-state index in [-0.39, 0.29) is 12.0 Å². The van der Waals surface area contributed by atoms with Gasteiger partial charge in [-0.1, -0.05) is 29.8 Å². The summed E-state index contributed by atoms with van der Waals surface area (Å²) in [6.07, 6.45) is 0. The maximum absolute atomic E-state index is 11.5. The number of hydrogen-bond acceptors (Lipinski definition) is 3. The molecule has 0 aliphatic carbocycles. The molecule has 0 bridgehead atoms. The first-order valence-corrected chi connectivity index (χ1v) is 7.79. The minimum Gasteiger partial charge on any atom is -0.465 e. The molecule has 2 aromatic carbocycles. The average Bonchev–Trinajstić information content (AvgIpc) is 2.54. The van der Waals surface area contributed by atoms with Gasteiger partial charge in [0, 0.05) is 10.7 Å². The molecule has 4 nitrogen and oxygen atoms in total. The van der Waals surface area contributed by atoms with Crippen LogP contribution in [0.3, 0.4) is 0 Å². The van der Waals surface area contributed by atoms with E-state index in [2.05, 4.69) is 10.6 Å². The Morgan fingerprint density at radius 3 is 2.57 bits per heavy atom. The summed E-state index contributed by atoms with van der Waals surface area (Å²) >= 11 is 11.2. The van der Waals surface area contributed by atoms with Gasteiger partial charge < -0.3 is 15.4 Å². The molecule has 0 radical (unpaired) electrons. The number of rotatable bonds is 4. The van der Waals surface area contributed by atoms with E-state index in [1.807, 2.05) is 37.3 Å². The van der Waals surface area contributed by atoms with Crippen LogP contribution in [-0.4, -0.2) is 18.2 Å². The molecular formula is C17H17ClN2O2S. The largest absolute Gasteiger partial charge is 0.465 e. The quantitative estimate of drug-likeness (QED) is 0.641. The van der Waals surface area contributed by atoms with Gasteiger partial charge in [0.15, 0.2) is 5.11 Å². The van der Waals surface area contributed by atoms with Crippen molar-refractivity contribution in [2.24, 2.45) is 0 Å². The molecule has 0 spiro atoms. The Morgan fingerprint density at radius 1 is 1.22 bits per heavy atom. The van der Waals surface area contributed by atoms with Crippen LogP contribution in [0.25, 0.3) is 0 Å². The molecule has 2 rings (SSSR count). The lowest BCUT2D eigenvalue weighted by molar-refractivity contribution is 0.0601. The highest BCUT2D eigenvalue weighted by Gasteiger charge is 2.09. The van der Waals surface area contributed by atoms with Crippen molar-refractivity contribution in [1.82, 2.24) is 5.32 Å². The third-order valence-electron chi connectivity index (χ3n) is 3.26. The van der Waals surface area contributed by atoms with Gasteiger partial charge in [-0.15, -0.1) is 0 Å². The first-order chi connectivity index (χ1) is 11.0. The van der Waals surface area contributed by atoms with Crippen LogP contribution in [0.15, 0.2) is 48.5 Å². The predicted octanol–water partition coefficient (Wildman–Crippen LogP) is 4.17. The Kier molecular flexibility index (Phi) is 5.96. The van der Waals surface area contributed by atoms with Crippen LogP contribution in [0, 0.1) is 0 Å². The fourth-order valence-electron chi connectivity index (χ4n) is 2.04. The van der Waals surface area contributed by atoms with Crippen molar-refractivity contribution in [1.29, 1.82) is 0 Å². The Balaban J connectivity index is 1.99. The molecule has 0 heterocycles. The molecule has 6 heteroatoms. The summed E-state index contributed by atoms with van der Waals surface area (Å²) in [6.45, 7) is 2.00. The zero-order valence-corrected chi connectivity index (χ0v) is 14.4. The van der Waals surface area contributed by atoms with E-state index in [0.717, 1.165) is 5.56 Å². The molecule has 1 atom stereocenters. The van der Waals surface area contributed by atoms with Gasteiger partial charge in [-0.25, -0.2) is 4.79 Å². The zero-order chi connectivity index (χ0) is 16.8. The van der Waals surface area contributed by atoms with Crippen LogP contribution in [-0.2, 0) is 4.74 Å². The number of methoxy groups -OCH3 is 1. The SMILES string of the molecule is COC(=O)c1cccc(NC(=S)N[C@H](C)c2ccc(Cl)cc2)c1. The number of anilines is 1. The number of benzene rings is 2. The molecule has 0 unspecified atom stereocenters. The number of carbonyl (C=O) groups is 1. The molecule has 2 N–H and O–H groups in total. The normalized spacial score (nSPS) is 11.4. The Bertz CT molecular complexity index is 704. The molecule has 0 saturated heterocycles. The van der Waals surface area contributed by atoms with Gasteiger partial charge in [0.1, 0.15) is 0 Å². The molecule has 0 fully saturated rings. The fraction of sp³-hybridized carbons (Fsp3) is 0.176. The first kappa shape index (κ1) is 17.2. The second kappa shape index (κ2) is 7.94. The Labute approximate surface area is 145 Å². The highest BCUT2D eigenvalue weighted by atomic mass is 35.5. The number of esters is 1. The van der Waals surface area contributed by atoms with E-state index in [1.54, 1.807) is 18.2 Å². The predicted molar refractivity (Wildman–Crippen MR) is 97.0 cm³/mol. The molecule has 0 amide bonds. The number of thiocarbonyl (C=S) groups is 1. The zero-order valence-electron chi connectivity index (χ0n) is 12.8. The van der Waals surface area contributed by atoms with Gasteiger partial charge in [0.2, 0.25) is 0 Å². The molecule has 0 aliphatic rings. The van der Waals surface area contributed by atoms with Gasteiger partial charge in [-0.2, -0.15) is 0 Å². The minimum absolute atomic E-state index is 0.0241. The van der Waals surface area contributed by atoms with Crippen molar-refractivity contribution in [3.8, 4) is 0 Å². The Hall–Kier alpha value is -2.11. The lowest BCUT2D eigenvalue weighted by Gasteiger charge is -2.17. The van der Waals surface area contributed by atoms with E-state index >= 15 is 0 Å². The lowest BCUT2D eigenvalue weighted by Crippen LogP contribution is -2.30. The molecule has 0 aliphatic heterocycles. The standard InChI is InChI=1S/C17H17ClN2O2S/c1-11(12-6-8-14(18)9-7-12)19-17(23)20-15-5-3-4-13(10-15)16(21)22-2/h3-11H,1-2H3,(H2,19,20,23)/t11-/m1/s1. The number of ether oxygens (including phenoxy) is 1. The van der Waals surface area contributed by atoms with Gasteiger partial charge in [-0.05, 0) is 55.0 Å². The number of nitrogens with one attached hydrogen (secondary N) is 2. The second-order valence-corrected chi connectivity index (χ2v) is 5.79. The maximum atomic E-state index is 11.5. The highest BCUT2D eigenvalue weighted by molar-refractivity contribution is 7.80. The topological polar surface area (TPSA) is 50.4 Å². The van der Waals surface area contributed by atoms with Crippen molar-refractivity contribution in [3.05, 3.63) is 64.7 Å². The molecule has 2 aromatic rings. The third kappa shape index (κ3) is 4.94. The van der Waals surface area contributed by atoms with Crippen LogP contribution in [0.1, 0.15) is 28.9 Å². The molecule has 0 saturated carbocycles. The number of hydrogen-bond donors (Lipinski definition) is 2. The van der Waals surface area contributed by atoms with Gasteiger partial charge in [0.05, 0.1) is 18.7 Å². The summed E-state index contributed by atoms with van der Waals surface area (Å²) in [7, 11) is 1.35. The van der Waals surface area contributed by atoms with E-state index in [9.17, 15) is 4.79 Å². The van der Waals surface area contributed by atoms with Crippen LogP contribution >= 0.6 is 23.8 Å². The van der Waals surface area contributed by atoms with Gasteiger partial charge in [-0.3, -0.25) is 0 Å². The summed E-state index contributed by atoms with van der Waals surface area (Å²) < 4.78 is 4.70. The monoisotopic (exact) mass is 348 g/mol. The first-order valence-electron chi connectivity index (χ1n) is 7.01. The third-order valence-corrected chi connectivity index (χ3v) is 3.73. The van der Waals surface area contributed by atoms with Crippen molar-refractivity contribution < 1.29 is 9.53 Å². The molecule has 23 heavy (non-hydrogen) atoms. The molecule has 0 aromatic heterocycles. The smallest absolute Gasteiger partial charge is 0.337 e. The minimum atomic E-state index is -0.387. The summed E-state index contributed by atoms with van der Waals surface area (Å²) in [6, 6.07) is 14.6. The highest BCUT2D eigenvalue weighted by Crippen LogP contribution is 2.17. The van der Waals surface area contributed by atoms with Crippen molar-refractivity contribution in [2.75, 3.05) is 12.4 Å². The van der Waals surface area contributed by atoms with Crippen molar-refractivity contribution in [3.63, 3.8) is 0 Å². The van der Waals surface area contributed by atoms with Crippen molar-refractivity contribution in [2.45, 2.75) is 13.0 Å². The number of carbonyl (C=O) groups excluding carboxylic acids is 1. The van der Waals surface area contributed by atoms with Gasteiger partial charge in [0.25, 0.3) is 0 Å². The van der Waals surface area contributed by atoms with E-state index in [1.165, 1.54) is 7.11 Å². The van der Waals surface area contributed by atoms with E-state index < -0.39 is 0 Å². The summed E-state index contributed by atoms with van der Waals surface area (Å²) in [5, 5.41) is 7.41. The maximum Gasteiger partial charge on any atom is 0.337 e. The molecular weight excluding hydrogens is 332 g/mol. The summed E-state index contributed by atoms with van der Waals surface area (Å²) in [4.78, 5) is 11.5. The van der Waals surface area contributed by atoms with E-state index in [0.29, 0.717) is 21.4 Å². The number of halogens is 1. The summed E-state index contributed by atoms with van der Waals surface area (Å²) in [5.41, 5.74) is 2.25. The summed E-state index contributed by atoms with van der Waals surface area (Å²) in [5.74, 6) is -0.387. The lowest BCUT2D eigenvalue weighted by atomic mass is 10.1. The fourth-order valence-corrected chi connectivity index (χ4v) is 2.46. The van der Waals surface area contributed by atoms with Crippen LogP contribution < -0.4 is 10.6 Å².